The van der Waals surface area contributed by atoms with Gasteiger partial charge in [0.1, 0.15) is 5.82 Å². The Labute approximate surface area is 141 Å². The number of hydrogen-bond acceptors (Lipinski definition) is 5. The summed E-state index contributed by atoms with van der Waals surface area (Å²) in [6.07, 6.45) is 6.92. The second kappa shape index (κ2) is 7.59. The number of anilines is 2. The molecule has 124 valence electrons. The Balaban J connectivity index is 1.58. The van der Waals surface area contributed by atoms with Crippen LogP contribution in [0.4, 0.5) is 11.5 Å². The summed E-state index contributed by atoms with van der Waals surface area (Å²) in [5, 5.41) is 2.75. The molecule has 0 saturated carbocycles. The quantitative estimate of drug-likeness (QED) is 0.849. The first kappa shape index (κ1) is 16.0. The van der Waals surface area contributed by atoms with Crippen molar-refractivity contribution >= 4 is 17.4 Å². The number of rotatable bonds is 5. The number of pyridine rings is 2. The molecular formula is C18H21N5O. The van der Waals surface area contributed by atoms with Gasteiger partial charge in [-0.25, -0.2) is 4.98 Å². The number of nitrogens with one attached hydrogen (secondary N) is 1. The molecule has 24 heavy (non-hydrogen) atoms. The monoisotopic (exact) mass is 323 g/mol. The van der Waals surface area contributed by atoms with Crippen molar-refractivity contribution < 1.29 is 4.79 Å². The van der Waals surface area contributed by atoms with Crippen molar-refractivity contribution in [3.63, 3.8) is 0 Å². The summed E-state index contributed by atoms with van der Waals surface area (Å²) in [5.74, 6) is 0.779. The van der Waals surface area contributed by atoms with Crippen LogP contribution in [0.1, 0.15) is 10.4 Å². The van der Waals surface area contributed by atoms with Crippen LogP contribution in [0.25, 0.3) is 0 Å². The zero-order valence-corrected chi connectivity index (χ0v) is 13.6. The van der Waals surface area contributed by atoms with Crippen molar-refractivity contribution in [2.75, 3.05) is 42.5 Å². The summed E-state index contributed by atoms with van der Waals surface area (Å²) in [6, 6.07) is 7.79. The smallest absolute Gasteiger partial charge is 0.253 e. The molecule has 6 nitrogen and oxygen atoms in total. The van der Waals surface area contributed by atoms with Crippen molar-refractivity contribution in [1.82, 2.24) is 15.3 Å². The molecule has 0 spiro atoms. The van der Waals surface area contributed by atoms with Crippen LogP contribution in [0.2, 0.25) is 0 Å². The summed E-state index contributed by atoms with van der Waals surface area (Å²) in [7, 11) is 0. The Bertz CT molecular complexity index is 678. The van der Waals surface area contributed by atoms with Gasteiger partial charge in [-0.3, -0.25) is 9.78 Å². The molecular weight excluding hydrogens is 302 g/mol. The number of aromatic nitrogens is 2. The molecule has 0 atom stereocenters. The molecule has 1 aliphatic rings. The minimum absolute atomic E-state index is 0.128. The van der Waals surface area contributed by atoms with Gasteiger partial charge in [-0.1, -0.05) is 6.08 Å². The van der Waals surface area contributed by atoms with Crippen LogP contribution in [-0.2, 0) is 0 Å². The normalized spacial score (nSPS) is 14.3. The maximum absolute atomic E-state index is 11.9. The Hall–Kier alpha value is -2.89. The molecule has 6 heteroatoms. The molecule has 1 saturated heterocycles. The predicted molar refractivity (Wildman–Crippen MR) is 95.4 cm³/mol. The first-order valence-electron chi connectivity index (χ1n) is 8.03. The number of hydrogen-bond donors (Lipinski definition) is 1. The highest BCUT2D eigenvalue weighted by Gasteiger charge is 2.18. The van der Waals surface area contributed by atoms with Crippen molar-refractivity contribution in [2.45, 2.75) is 0 Å². The lowest BCUT2D eigenvalue weighted by Gasteiger charge is -2.36. The lowest BCUT2D eigenvalue weighted by atomic mass is 10.2. The fraction of sp³-hybridized carbons (Fsp3) is 0.278. The van der Waals surface area contributed by atoms with Gasteiger partial charge in [0, 0.05) is 57.0 Å². The average Bonchev–Trinajstić information content (AvgIpc) is 2.67. The first-order valence-corrected chi connectivity index (χ1v) is 8.03. The highest BCUT2D eigenvalue weighted by Crippen LogP contribution is 2.18. The van der Waals surface area contributed by atoms with Crippen LogP contribution in [0, 0.1) is 0 Å². The molecule has 1 amide bonds. The van der Waals surface area contributed by atoms with E-state index in [2.05, 4.69) is 31.7 Å². The van der Waals surface area contributed by atoms with E-state index in [4.69, 9.17) is 0 Å². The fourth-order valence-electron chi connectivity index (χ4n) is 2.72. The maximum atomic E-state index is 11.9. The summed E-state index contributed by atoms with van der Waals surface area (Å²) in [5.41, 5.74) is 1.77. The molecule has 0 radical (unpaired) electrons. The van der Waals surface area contributed by atoms with Crippen LogP contribution >= 0.6 is 0 Å². The molecule has 0 aliphatic carbocycles. The minimum atomic E-state index is -0.128. The van der Waals surface area contributed by atoms with E-state index in [-0.39, 0.29) is 5.91 Å². The van der Waals surface area contributed by atoms with Gasteiger partial charge in [0.05, 0.1) is 5.56 Å². The van der Waals surface area contributed by atoms with Gasteiger partial charge in [-0.2, -0.15) is 0 Å². The predicted octanol–water partition coefficient (Wildman–Crippen LogP) is 1.72. The highest BCUT2D eigenvalue weighted by molar-refractivity contribution is 5.94. The Morgan fingerprint density at radius 2 is 1.83 bits per heavy atom. The lowest BCUT2D eigenvalue weighted by Crippen LogP contribution is -2.46. The number of nitrogens with zero attached hydrogens (tertiary/aromatic N) is 4. The maximum Gasteiger partial charge on any atom is 0.253 e. The van der Waals surface area contributed by atoms with Gasteiger partial charge in [-0.05, 0) is 24.3 Å². The van der Waals surface area contributed by atoms with Crippen LogP contribution in [-0.4, -0.2) is 48.6 Å². The summed E-state index contributed by atoms with van der Waals surface area (Å²) < 4.78 is 0. The number of carbonyl (C=O) groups excluding carboxylic acids is 1. The molecule has 0 aromatic carbocycles. The van der Waals surface area contributed by atoms with E-state index >= 15 is 0 Å². The molecule has 1 fully saturated rings. The van der Waals surface area contributed by atoms with E-state index in [1.165, 1.54) is 5.69 Å². The second-order valence-corrected chi connectivity index (χ2v) is 5.58. The van der Waals surface area contributed by atoms with Gasteiger partial charge in [0.2, 0.25) is 0 Å². The zero-order valence-electron chi connectivity index (χ0n) is 13.6. The summed E-state index contributed by atoms with van der Waals surface area (Å²) in [6.45, 7) is 7.72. The van der Waals surface area contributed by atoms with Crippen LogP contribution in [0.5, 0.6) is 0 Å². The highest BCUT2D eigenvalue weighted by atomic mass is 16.1. The molecule has 2 aromatic heterocycles. The molecule has 3 heterocycles. The van der Waals surface area contributed by atoms with Crippen molar-refractivity contribution in [3.8, 4) is 0 Å². The van der Waals surface area contributed by atoms with Crippen molar-refractivity contribution in [1.29, 1.82) is 0 Å². The van der Waals surface area contributed by atoms with Crippen LogP contribution < -0.4 is 15.1 Å². The second-order valence-electron chi connectivity index (χ2n) is 5.58. The third kappa shape index (κ3) is 3.71. The average molecular weight is 323 g/mol. The topological polar surface area (TPSA) is 61.4 Å². The molecule has 0 unspecified atom stereocenters. The van der Waals surface area contributed by atoms with Crippen LogP contribution in [0.15, 0.2) is 55.5 Å². The largest absolute Gasteiger partial charge is 0.368 e. The van der Waals surface area contributed by atoms with Gasteiger partial charge >= 0.3 is 0 Å². The molecule has 1 N–H and O–H groups in total. The van der Waals surface area contributed by atoms with Crippen LogP contribution in [0.3, 0.4) is 0 Å². The third-order valence-corrected chi connectivity index (χ3v) is 4.05. The lowest BCUT2D eigenvalue weighted by molar-refractivity contribution is 0.0957. The standard InChI is InChI=1S/C18H21N5O/c1-2-7-20-18(24)15-3-4-17(21-14-15)23-12-10-22(11-13-23)16-5-8-19-9-6-16/h2-6,8-9,14H,1,7,10-13H2,(H,20,24). The van der Waals surface area contributed by atoms with E-state index in [1.807, 2.05) is 36.7 Å². The van der Waals surface area contributed by atoms with E-state index in [0.29, 0.717) is 12.1 Å². The number of carbonyl (C=O) groups is 1. The Morgan fingerprint density at radius 3 is 2.46 bits per heavy atom. The molecule has 1 aliphatic heterocycles. The third-order valence-electron chi connectivity index (χ3n) is 4.05. The zero-order chi connectivity index (χ0) is 16.8. The van der Waals surface area contributed by atoms with E-state index in [1.54, 1.807) is 12.3 Å². The fourth-order valence-corrected chi connectivity index (χ4v) is 2.72. The minimum Gasteiger partial charge on any atom is -0.368 e. The first-order chi connectivity index (χ1) is 11.8. The van der Waals surface area contributed by atoms with E-state index < -0.39 is 0 Å². The van der Waals surface area contributed by atoms with Gasteiger partial charge < -0.3 is 15.1 Å². The van der Waals surface area contributed by atoms with Crippen molar-refractivity contribution in [3.05, 3.63) is 61.1 Å². The van der Waals surface area contributed by atoms with Gasteiger partial charge in [0.25, 0.3) is 5.91 Å². The number of piperazine rings is 1. The van der Waals surface area contributed by atoms with Crippen molar-refractivity contribution in [2.24, 2.45) is 0 Å². The summed E-state index contributed by atoms with van der Waals surface area (Å²) >= 11 is 0. The van der Waals surface area contributed by atoms with E-state index in [0.717, 1.165) is 32.0 Å². The SMILES string of the molecule is C=CCNC(=O)c1ccc(N2CCN(c3ccncc3)CC2)nc1. The van der Waals surface area contributed by atoms with E-state index in [9.17, 15) is 4.79 Å². The number of amides is 1. The summed E-state index contributed by atoms with van der Waals surface area (Å²) in [4.78, 5) is 24.9. The Kier molecular flexibility index (Phi) is 5.05. The molecule has 2 aromatic rings. The molecule has 3 rings (SSSR count). The van der Waals surface area contributed by atoms with Gasteiger partial charge in [0.15, 0.2) is 0 Å². The molecule has 0 bridgehead atoms. The Morgan fingerprint density at radius 1 is 1.12 bits per heavy atom. The van der Waals surface area contributed by atoms with Gasteiger partial charge in [-0.15, -0.1) is 6.58 Å².